The maximum Gasteiger partial charge on any atom is 0.305 e. The molecule has 2 bridgehead atoms. The largest absolute Gasteiger partial charge is 0.469 e. The van der Waals surface area contributed by atoms with Crippen molar-refractivity contribution in [3.05, 3.63) is 72.3 Å². The number of ether oxygens (including phenoxy) is 2. The summed E-state index contributed by atoms with van der Waals surface area (Å²) in [7, 11) is 1.41. The maximum absolute atomic E-state index is 12.3. The third-order valence-corrected chi connectivity index (χ3v) is 7.28. The number of rotatable bonds is 9. The van der Waals surface area contributed by atoms with Gasteiger partial charge in [0.15, 0.2) is 0 Å². The van der Waals surface area contributed by atoms with Crippen LogP contribution in [0.4, 0.5) is 0 Å². The number of halogens is 1. The molecule has 32 heavy (non-hydrogen) atoms. The predicted octanol–water partition coefficient (Wildman–Crippen LogP) is 5.68. The van der Waals surface area contributed by atoms with E-state index < -0.39 is 0 Å². The molecule has 0 spiro atoms. The molecule has 2 aromatic rings. The number of allylic oxidation sites excluding steroid dienone is 2. The second-order valence-electron chi connectivity index (χ2n) is 8.76. The Morgan fingerprint density at radius 1 is 1.09 bits per heavy atom. The topological polar surface area (TPSA) is 52.6 Å². The number of hydrogen-bond donors (Lipinski definition) is 0. The highest BCUT2D eigenvalue weighted by atomic mass is 35.5. The van der Waals surface area contributed by atoms with Gasteiger partial charge in [-0.05, 0) is 59.9 Å². The second kappa shape index (κ2) is 10.0. The molecule has 4 nitrogen and oxygen atoms in total. The summed E-state index contributed by atoms with van der Waals surface area (Å²) in [5.41, 5.74) is 3.37. The van der Waals surface area contributed by atoms with E-state index in [1.807, 2.05) is 18.2 Å². The first-order valence-electron chi connectivity index (χ1n) is 11.2. The summed E-state index contributed by atoms with van der Waals surface area (Å²) in [5.74, 6) is -0.376. The van der Waals surface area contributed by atoms with Gasteiger partial charge in [0.05, 0.1) is 25.7 Å². The maximum atomic E-state index is 12.3. The Balaban J connectivity index is 1.51. The first-order chi connectivity index (χ1) is 15.5. The monoisotopic (exact) mass is 452 g/mol. The van der Waals surface area contributed by atoms with Crippen LogP contribution in [0.3, 0.4) is 0 Å². The molecule has 0 amide bonds. The fraction of sp³-hybridized carbons (Fsp3) is 0.407. The SMILES string of the molecule is COC(=O)CCCC=CC[C@H]1[C@H](C(=O)Cl)[C@@H]2C[C@@]1(c1ccc(-c3ccccc3)cc1)CO2. The lowest BCUT2D eigenvalue weighted by molar-refractivity contribution is -0.140. The Kier molecular flexibility index (Phi) is 7.12. The molecule has 1 heterocycles. The molecular formula is C27H29ClO4. The van der Waals surface area contributed by atoms with E-state index in [1.165, 1.54) is 23.8 Å². The van der Waals surface area contributed by atoms with Crippen LogP contribution < -0.4 is 0 Å². The highest BCUT2D eigenvalue weighted by molar-refractivity contribution is 6.64. The molecule has 0 aromatic heterocycles. The zero-order chi connectivity index (χ0) is 22.6. The van der Waals surface area contributed by atoms with Crippen molar-refractivity contribution in [2.45, 2.75) is 43.6 Å². The molecule has 1 aliphatic heterocycles. The number of fused-ring (bicyclic) bond motifs is 2. The molecule has 1 aliphatic carbocycles. The molecule has 5 heteroatoms. The average Bonchev–Trinajstić information content (AvgIpc) is 3.40. The van der Waals surface area contributed by atoms with Gasteiger partial charge in [-0.25, -0.2) is 0 Å². The van der Waals surface area contributed by atoms with Crippen LogP contribution in [0.5, 0.6) is 0 Å². The van der Waals surface area contributed by atoms with Gasteiger partial charge < -0.3 is 9.47 Å². The summed E-state index contributed by atoms with van der Waals surface area (Å²) < 4.78 is 10.7. The van der Waals surface area contributed by atoms with Crippen LogP contribution in [0.15, 0.2) is 66.7 Å². The van der Waals surface area contributed by atoms with Gasteiger partial charge in [-0.2, -0.15) is 0 Å². The number of benzene rings is 2. The van der Waals surface area contributed by atoms with Crippen LogP contribution in [0.2, 0.25) is 0 Å². The molecule has 2 fully saturated rings. The van der Waals surface area contributed by atoms with Gasteiger partial charge in [-0.15, -0.1) is 0 Å². The Bertz CT molecular complexity index is 969. The summed E-state index contributed by atoms with van der Waals surface area (Å²) in [5, 5.41) is -0.304. The van der Waals surface area contributed by atoms with Crippen molar-refractivity contribution >= 4 is 22.8 Å². The van der Waals surface area contributed by atoms with Gasteiger partial charge in [0.2, 0.25) is 5.24 Å². The van der Waals surface area contributed by atoms with Gasteiger partial charge in [0, 0.05) is 11.8 Å². The smallest absolute Gasteiger partial charge is 0.305 e. The van der Waals surface area contributed by atoms with Crippen molar-refractivity contribution in [2.75, 3.05) is 13.7 Å². The lowest BCUT2D eigenvalue weighted by Crippen LogP contribution is -2.41. The van der Waals surface area contributed by atoms with Gasteiger partial charge in [-0.3, -0.25) is 9.59 Å². The molecule has 0 unspecified atom stereocenters. The Morgan fingerprint density at radius 3 is 2.50 bits per heavy atom. The van der Waals surface area contributed by atoms with Crippen molar-refractivity contribution in [1.29, 1.82) is 0 Å². The molecule has 4 atom stereocenters. The molecule has 4 rings (SSSR count). The van der Waals surface area contributed by atoms with Crippen LogP contribution in [-0.4, -0.2) is 31.0 Å². The van der Waals surface area contributed by atoms with Gasteiger partial charge in [-0.1, -0.05) is 66.7 Å². The first-order valence-corrected chi connectivity index (χ1v) is 11.6. The summed E-state index contributed by atoms with van der Waals surface area (Å²) in [6, 6.07) is 19.0. The number of methoxy groups -OCH3 is 1. The summed E-state index contributed by atoms with van der Waals surface area (Å²) in [6.07, 6.45) is 7.67. The lowest BCUT2D eigenvalue weighted by atomic mass is 9.69. The molecule has 168 valence electrons. The Labute approximate surface area is 194 Å². The van der Waals surface area contributed by atoms with Crippen LogP contribution in [0.25, 0.3) is 11.1 Å². The highest BCUT2D eigenvalue weighted by Gasteiger charge is 2.61. The second-order valence-corrected chi connectivity index (χ2v) is 9.14. The first kappa shape index (κ1) is 22.8. The zero-order valence-corrected chi connectivity index (χ0v) is 19.1. The lowest BCUT2D eigenvalue weighted by Gasteiger charge is -2.38. The Hall–Kier alpha value is -2.43. The Morgan fingerprint density at radius 2 is 1.81 bits per heavy atom. The number of hydrogen-bond acceptors (Lipinski definition) is 4. The number of unbranched alkanes of at least 4 members (excludes halogenated alkanes) is 1. The summed E-state index contributed by atoms with van der Waals surface area (Å²) >= 11 is 6.05. The van der Waals surface area contributed by atoms with Crippen molar-refractivity contribution in [3.63, 3.8) is 0 Å². The fourth-order valence-electron chi connectivity index (χ4n) is 5.37. The quantitative estimate of drug-likeness (QED) is 0.212. The molecule has 1 saturated carbocycles. The van der Waals surface area contributed by atoms with Crippen molar-refractivity contribution in [2.24, 2.45) is 11.8 Å². The minimum Gasteiger partial charge on any atom is -0.469 e. The molecule has 0 radical (unpaired) electrons. The third-order valence-electron chi connectivity index (χ3n) is 7.03. The average molecular weight is 453 g/mol. The van der Waals surface area contributed by atoms with Gasteiger partial charge in [0.1, 0.15) is 0 Å². The number of esters is 1. The van der Waals surface area contributed by atoms with E-state index in [9.17, 15) is 9.59 Å². The van der Waals surface area contributed by atoms with Crippen molar-refractivity contribution < 1.29 is 19.1 Å². The van der Waals surface area contributed by atoms with Crippen molar-refractivity contribution in [3.8, 4) is 11.1 Å². The minimum atomic E-state index is -0.304. The summed E-state index contributed by atoms with van der Waals surface area (Å²) in [6.45, 7) is 0.615. The predicted molar refractivity (Wildman–Crippen MR) is 125 cm³/mol. The summed E-state index contributed by atoms with van der Waals surface area (Å²) in [4.78, 5) is 23.6. The van der Waals surface area contributed by atoms with E-state index in [0.29, 0.717) is 13.0 Å². The number of carbonyl (C=O) groups is 2. The third kappa shape index (κ3) is 4.53. The van der Waals surface area contributed by atoms with Crippen molar-refractivity contribution in [1.82, 2.24) is 0 Å². The molecule has 0 N–H and O–H groups in total. The van der Waals surface area contributed by atoms with Gasteiger partial charge >= 0.3 is 5.97 Å². The van der Waals surface area contributed by atoms with E-state index in [4.69, 9.17) is 16.3 Å². The minimum absolute atomic E-state index is 0.102. The normalized spacial score (nSPS) is 26.5. The van der Waals surface area contributed by atoms with E-state index in [-0.39, 0.29) is 34.6 Å². The molecular weight excluding hydrogens is 424 g/mol. The zero-order valence-electron chi connectivity index (χ0n) is 18.3. The van der Waals surface area contributed by atoms with E-state index >= 15 is 0 Å². The van der Waals surface area contributed by atoms with E-state index in [2.05, 4.69) is 53.3 Å². The highest BCUT2D eigenvalue weighted by Crippen LogP contribution is 2.57. The standard InChI is InChI=1S/C27H29ClO4/c1-31-24(29)12-8-3-2-7-11-22-25(26(28)30)23-17-27(22,18-32-23)21-15-13-20(14-16-21)19-9-5-4-6-10-19/h2,4-7,9-10,13-16,22-23,25H,3,8,11-12,17-18H2,1H3/t22-,23-,25-,27-/m0/s1. The van der Waals surface area contributed by atoms with E-state index in [0.717, 1.165) is 25.7 Å². The van der Waals surface area contributed by atoms with Crippen LogP contribution >= 0.6 is 11.6 Å². The molecule has 1 saturated heterocycles. The number of carbonyl (C=O) groups excluding carboxylic acids is 2. The van der Waals surface area contributed by atoms with Crippen LogP contribution in [0.1, 0.15) is 37.7 Å². The van der Waals surface area contributed by atoms with Crippen LogP contribution in [-0.2, 0) is 24.5 Å². The van der Waals surface area contributed by atoms with E-state index in [1.54, 1.807) is 0 Å². The van der Waals surface area contributed by atoms with Crippen LogP contribution in [0, 0.1) is 11.8 Å². The fourth-order valence-corrected chi connectivity index (χ4v) is 5.66. The van der Waals surface area contributed by atoms with Gasteiger partial charge in [0.25, 0.3) is 0 Å². The molecule has 2 aromatic carbocycles. The molecule has 2 aliphatic rings.